The molecule has 17 heteroatoms. The largest absolute Gasteiger partial charge is 0.870 e. The van der Waals surface area contributed by atoms with Gasteiger partial charge < -0.3 is 29.2 Å². The van der Waals surface area contributed by atoms with Gasteiger partial charge in [0.25, 0.3) is 0 Å². The van der Waals surface area contributed by atoms with Crippen LogP contribution in [0.4, 0.5) is 14.5 Å². The van der Waals surface area contributed by atoms with Crippen molar-refractivity contribution in [2.45, 2.75) is 38.6 Å². The van der Waals surface area contributed by atoms with Crippen LogP contribution in [0.3, 0.4) is 0 Å². The number of pyridine rings is 1. The fourth-order valence-electron chi connectivity index (χ4n) is 6.02. The number of benzene rings is 3. The maximum atomic E-state index is 14.3. The lowest BCUT2D eigenvalue weighted by molar-refractivity contribution is -0.377. The first-order valence-corrected chi connectivity index (χ1v) is 20.4. The highest BCUT2D eigenvalue weighted by atomic mass is 35.5. The molecule has 1 aliphatic heterocycles. The first-order chi connectivity index (χ1) is 26.4. The van der Waals surface area contributed by atoms with Crippen LogP contribution in [0.2, 0.25) is 10.0 Å². The van der Waals surface area contributed by atoms with Crippen molar-refractivity contribution in [1.29, 1.82) is 0 Å². The van der Waals surface area contributed by atoms with Crippen LogP contribution >= 0.6 is 23.2 Å². The zero-order valence-corrected chi connectivity index (χ0v) is 32.9. The van der Waals surface area contributed by atoms with Crippen LogP contribution in [0.5, 0.6) is 17.2 Å². The number of alkyl halides is 2. The Morgan fingerprint density at radius 2 is 1.70 bits per heavy atom. The summed E-state index contributed by atoms with van der Waals surface area (Å²) < 4.78 is 82.9. The molecule has 1 saturated carbocycles. The highest BCUT2D eigenvalue weighted by Crippen LogP contribution is 2.38. The van der Waals surface area contributed by atoms with Crippen molar-refractivity contribution in [2.75, 3.05) is 56.6 Å². The summed E-state index contributed by atoms with van der Waals surface area (Å²) in [5, 5.41) is 0.554. The van der Waals surface area contributed by atoms with Crippen LogP contribution in [0.15, 0.2) is 79.1 Å². The van der Waals surface area contributed by atoms with Gasteiger partial charge in [-0.15, -0.1) is 0 Å². The maximum absolute atomic E-state index is 14.3. The number of hydrogen-bond donors (Lipinski definition) is 0. The van der Waals surface area contributed by atoms with Crippen molar-refractivity contribution < 1.29 is 56.1 Å². The topological polar surface area (TPSA) is 148 Å². The van der Waals surface area contributed by atoms with Gasteiger partial charge in [-0.05, 0) is 54.2 Å². The highest BCUT2D eigenvalue weighted by molar-refractivity contribution is 7.92. The molecule has 2 fully saturated rings. The Balaban J connectivity index is 0.00000600. The molecule has 12 nitrogen and oxygen atoms in total. The smallest absolute Gasteiger partial charge is 0.387 e. The van der Waals surface area contributed by atoms with E-state index in [0.29, 0.717) is 56.5 Å². The molecule has 0 bridgehead atoms. The van der Waals surface area contributed by atoms with Crippen molar-refractivity contribution in [1.82, 2.24) is 4.90 Å². The first kappa shape index (κ1) is 42.9. The molecule has 0 unspecified atom stereocenters. The lowest BCUT2D eigenvalue weighted by Gasteiger charge is -2.30. The van der Waals surface area contributed by atoms with Crippen LogP contribution in [0, 0.1) is 5.92 Å². The van der Waals surface area contributed by atoms with Gasteiger partial charge in [0.1, 0.15) is 28.5 Å². The minimum atomic E-state index is -3.83. The van der Waals surface area contributed by atoms with Crippen LogP contribution in [-0.2, 0) is 32.5 Å². The fraction of sp³-hybridized carbons (Fsp3) is 0.385. The summed E-state index contributed by atoms with van der Waals surface area (Å²) in [6, 6.07) is 18.2. The summed E-state index contributed by atoms with van der Waals surface area (Å²) in [6.07, 6.45) is 5.01. The molecule has 0 amide bonds. The molecule has 1 saturated heterocycles. The monoisotopic (exact) mass is 837 g/mol. The highest BCUT2D eigenvalue weighted by Gasteiger charge is 2.28. The molecule has 2 N–H and O–H groups in total. The van der Waals surface area contributed by atoms with E-state index in [1.54, 1.807) is 6.07 Å². The number of esters is 1. The lowest BCUT2D eigenvalue weighted by Crippen LogP contribution is -2.43. The normalized spacial score (nSPS) is 15.1. The Labute approximate surface area is 334 Å². The fourth-order valence-corrected chi connectivity index (χ4v) is 7.45. The summed E-state index contributed by atoms with van der Waals surface area (Å²) in [5.74, 6) is -0.381. The number of nitrogens with one attached hydrogen (secondary N) is 1. The van der Waals surface area contributed by atoms with E-state index >= 15 is 0 Å². The Morgan fingerprint density at radius 1 is 0.982 bits per heavy atom. The van der Waals surface area contributed by atoms with Gasteiger partial charge >= 0.3 is 12.6 Å². The van der Waals surface area contributed by atoms with Gasteiger partial charge in [0.05, 0.1) is 37.3 Å². The zero-order chi connectivity index (χ0) is 39.0. The third kappa shape index (κ3) is 12.1. The number of carbonyl (C=O) groups is 1. The Hall–Kier alpha value is -4.25. The predicted octanol–water partition coefficient (Wildman–Crippen LogP) is 6.84. The number of halogens is 4. The number of nitrogens with zero attached hydrogens (tertiary/aromatic N) is 2. The number of morpholine rings is 1. The van der Waals surface area contributed by atoms with Gasteiger partial charge in [0.2, 0.25) is 10.0 Å². The molecule has 6 rings (SSSR count). The number of rotatable bonds is 18. The van der Waals surface area contributed by atoms with E-state index in [1.165, 1.54) is 47.0 Å². The van der Waals surface area contributed by atoms with Gasteiger partial charge in [-0.25, -0.2) is 18.2 Å². The quantitative estimate of drug-likeness (QED) is 0.0977. The van der Waals surface area contributed by atoms with Crippen molar-refractivity contribution in [2.24, 2.45) is 5.92 Å². The van der Waals surface area contributed by atoms with Gasteiger partial charge in [-0.3, -0.25) is 9.21 Å². The Kier molecular flexibility index (Phi) is 15.1. The van der Waals surface area contributed by atoms with Crippen LogP contribution in [0.1, 0.15) is 46.0 Å². The van der Waals surface area contributed by atoms with E-state index < -0.39 is 28.7 Å². The van der Waals surface area contributed by atoms with Crippen molar-refractivity contribution in [3.05, 3.63) is 111 Å². The molecule has 0 radical (unpaired) electrons. The maximum Gasteiger partial charge on any atom is 0.387 e. The molecule has 1 atom stereocenters. The second kappa shape index (κ2) is 19.7. The second-order valence-corrected chi connectivity index (χ2v) is 16.1. The van der Waals surface area contributed by atoms with E-state index in [0.717, 1.165) is 24.7 Å². The number of hydrogen-bond acceptors (Lipinski definition) is 10. The number of ether oxygens (including phenoxy) is 5. The van der Waals surface area contributed by atoms with Crippen LogP contribution < -0.4 is 23.5 Å². The van der Waals surface area contributed by atoms with E-state index in [1.807, 2.05) is 30.3 Å². The molecule has 3 aromatic carbocycles. The van der Waals surface area contributed by atoms with Crippen LogP contribution in [-0.4, -0.2) is 83.6 Å². The molecule has 302 valence electrons. The van der Waals surface area contributed by atoms with E-state index in [4.69, 9.17) is 46.9 Å². The SMILES string of the molecule is CS(=O)(=O)N(CCN1CCOCC1)c1cc(OCc2ccccc2)cc(C(=O)O[C@@H](Cc2c(Cl)c[nH+]cc2Cl)c2ccc(OC(F)F)c(OCC3CC3)c2)c1.[OH-]. The molecule has 56 heavy (non-hydrogen) atoms. The number of carbonyl (C=O) groups excluding carboxylic acids is 1. The number of aromatic amines is 1. The van der Waals surface area contributed by atoms with Crippen molar-refractivity contribution >= 4 is 44.9 Å². The molecule has 1 aromatic heterocycles. The van der Waals surface area contributed by atoms with Crippen molar-refractivity contribution in [3.63, 3.8) is 0 Å². The summed E-state index contributed by atoms with van der Waals surface area (Å²) in [5.41, 5.74) is 1.92. The molecular weight excluding hydrogens is 795 g/mol. The number of H-pyrrole nitrogens is 1. The average Bonchev–Trinajstić information content (AvgIpc) is 3.99. The predicted molar refractivity (Wildman–Crippen MR) is 205 cm³/mol. The lowest BCUT2D eigenvalue weighted by atomic mass is 10.0. The van der Waals surface area contributed by atoms with E-state index in [2.05, 4.69) is 9.88 Å². The van der Waals surface area contributed by atoms with E-state index in [-0.39, 0.29) is 63.6 Å². The third-order valence-corrected chi connectivity index (χ3v) is 11.0. The average molecular weight is 839 g/mol. The third-order valence-electron chi connectivity index (χ3n) is 9.15. The van der Waals surface area contributed by atoms with E-state index in [9.17, 15) is 22.0 Å². The first-order valence-electron chi connectivity index (χ1n) is 17.8. The number of sulfonamides is 1. The van der Waals surface area contributed by atoms with Gasteiger partial charge in [-0.1, -0.05) is 59.6 Å². The molecule has 2 heterocycles. The van der Waals surface area contributed by atoms with Crippen molar-refractivity contribution in [3.8, 4) is 17.2 Å². The molecule has 2 aliphatic rings. The molecule has 0 spiro atoms. The summed E-state index contributed by atoms with van der Waals surface area (Å²) in [7, 11) is -3.83. The molecular formula is C39H43Cl2F2N3O9S. The standard InChI is InChI=1S/C39H41Cl2F2N3O8S.H2O/c1-55(48,49)46(12-11-45-13-15-50-16-14-45)30-17-29(18-31(20-30)51-24-26-5-3-2-4-6-26)38(47)53-36(21-32-33(40)22-44-23-34(32)41)28-9-10-35(54-39(42)43)37(19-28)52-25-27-7-8-27;/h2-6,9-10,17-20,22-23,27,36,39H,7-8,11-16,21,24-25H2,1H3;1H2/t36-;/m0./s1. The Bertz CT molecular complexity index is 2020. The summed E-state index contributed by atoms with van der Waals surface area (Å²) in [4.78, 5) is 19.2. The number of aromatic nitrogens is 1. The minimum Gasteiger partial charge on any atom is -0.870 e. The second-order valence-electron chi connectivity index (χ2n) is 13.3. The minimum absolute atomic E-state index is 0. The summed E-state index contributed by atoms with van der Waals surface area (Å²) >= 11 is 13.1. The zero-order valence-electron chi connectivity index (χ0n) is 30.5. The molecule has 1 aliphatic carbocycles. The number of anilines is 1. The van der Waals surface area contributed by atoms with Gasteiger partial charge in [-0.2, -0.15) is 8.78 Å². The van der Waals surface area contributed by atoms with Gasteiger partial charge in [0.15, 0.2) is 23.9 Å². The Morgan fingerprint density at radius 3 is 2.36 bits per heavy atom. The summed E-state index contributed by atoms with van der Waals surface area (Å²) in [6.45, 7) is 0.315. The van der Waals surface area contributed by atoms with Gasteiger partial charge in [0, 0.05) is 44.2 Å². The van der Waals surface area contributed by atoms with Crippen LogP contribution in [0.25, 0.3) is 0 Å². The molecule has 4 aromatic rings.